The summed E-state index contributed by atoms with van der Waals surface area (Å²) >= 11 is 0. The number of nitrogens with zero attached hydrogens (tertiary/aromatic N) is 1. The van der Waals surface area contributed by atoms with Gasteiger partial charge in [-0.15, -0.1) is 0 Å². The molecule has 4 heteroatoms. The number of halogens is 2. The van der Waals surface area contributed by atoms with Gasteiger partial charge in [-0.05, 0) is 24.5 Å². The Balaban J connectivity index is 2.25. The van der Waals surface area contributed by atoms with Crippen LogP contribution in [0, 0.1) is 17.6 Å². The van der Waals surface area contributed by atoms with E-state index in [2.05, 4.69) is 6.92 Å². The third kappa shape index (κ3) is 1.64. The number of anilines is 2. The molecule has 1 saturated heterocycles. The van der Waals surface area contributed by atoms with Crippen LogP contribution in [0.2, 0.25) is 0 Å². The van der Waals surface area contributed by atoms with Gasteiger partial charge in [0.15, 0.2) is 11.6 Å². The zero-order valence-electron chi connectivity index (χ0n) is 8.63. The first-order valence-corrected chi connectivity index (χ1v) is 5.12. The van der Waals surface area contributed by atoms with Crippen molar-refractivity contribution in [2.75, 3.05) is 23.7 Å². The predicted octanol–water partition coefficient (Wildman–Crippen LogP) is 2.39. The van der Waals surface area contributed by atoms with E-state index >= 15 is 0 Å². The molecule has 0 bridgehead atoms. The Morgan fingerprint density at radius 3 is 2.67 bits per heavy atom. The monoisotopic (exact) mass is 212 g/mol. The second-order valence-corrected chi connectivity index (χ2v) is 3.98. The molecule has 0 aliphatic carbocycles. The van der Waals surface area contributed by atoms with Gasteiger partial charge in [0.1, 0.15) is 0 Å². The molecule has 82 valence electrons. The van der Waals surface area contributed by atoms with E-state index < -0.39 is 11.6 Å². The molecule has 0 amide bonds. The zero-order chi connectivity index (χ0) is 11.0. The van der Waals surface area contributed by atoms with E-state index in [1.807, 2.05) is 0 Å². The quantitative estimate of drug-likeness (QED) is 0.763. The Labute approximate surface area is 87.7 Å². The van der Waals surface area contributed by atoms with Gasteiger partial charge in [-0.2, -0.15) is 0 Å². The summed E-state index contributed by atoms with van der Waals surface area (Å²) in [4.78, 5) is 1.79. The van der Waals surface area contributed by atoms with Crippen LogP contribution < -0.4 is 10.6 Å². The number of hydrogen-bond donors (Lipinski definition) is 1. The minimum Gasteiger partial charge on any atom is -0.397 e. The zero-order valence-corrected chi connectivity index (χ0v) is 8.63. The normalized spacial score (nSPS) is 16.6. The topological polar surface area (TPSA) is 29.3 Å². The molecule has 0 aromatic heterocycles. The molecule has 1 heterocycles. The van der Waals surface area contributed by atoms with Crippen molar-refractivity contribution in [1.29, 1.82) is 0 Å². The summed E-state index contributed by atoms with van der Waals surface area (Å²) in [5, 5.41) is 0. The maximum atomic E-state index is 13.5. The second-order valence-electron chi connectivity index (χ2n) is 3.98. The molecule has 0 radical (unpaired) electrons. The molecule has 0 saturated carbocycles. The SMILES string of the molecule is CCC1CN(c2c(N)ccc(F)c2F)C1. The lowest BCUT2D eigenvalue weighted by Crippen LogP contribution is -2.47. The van der Waals surface area contributed by atoms with E-state index in [0.29, 0.717) is 11.6 Å². The third-order valence-electron chi connectivity index (χ3n) is 2.95. The Kier molecular flexibility index (Phi) is 2.50. The van der Waals surface area contributed by atoms with Crippen LogP contribution in [0.1, 0.15) is 13.3 Å². The molecular weight excluding hydrogens is 198 g/mol. The van der Waals surface area contributed by atoms with Crippen molar-refractivity contribution in [2.24, 2.45) is 5.92 Å². The molecule has 1 aromatic carbocycles. The lowest BCUT2D eigenvalue weighted by Gasteiger charge is -2.41. The molecule has 2 N–H and O–H groups in total. The van der Waals surface area contributed by atoms with E-state index in [1.165, 1.54) is 6.07 Å². The van der Waals surface area contributed by atoms with E-state index in [0.717, 1.165) is 25.6 Å². The lowest BCUT2D eigenvalue weighted by atomic mass is 9.96. The first-order valence-electron chi connectivity index (χ1n) is 5.12. The summed E-state index contributed by atoms with van der Waals surface area (Å²) in [6, 6.07) is 2.47. The molecule has 1 aromatic rings. The van der Waals surface area contributed by atoms with Crippen LogP contribution in [0.3, 0.4) is 0 Å². The Hall–Kier alpha value is -1.32. The molecule has 1 aliphatic heterocycles. The fraction of sp³-hybridized carbons (Fsp3) is 0.455. The van der Waals surface area contributed by atoms with E-state index in [4.69, 9.17) is 5.73 Å². The highest BCUT2D eigenvalue weighted by Crippen LogP contribution is 2.34. The highest BCUT2D eigenvalue weighted by atomic mass is 19.2. The fourth-order valence-corrected chi connectivity index (χ4v) is 1.89. The van der Waals surface area contributed by atoms with E-state index in [9.17, 15) is 8.78 Å². The minimum absolute atomic E-state index is 0.222. The molecule has 15 heavy (non-hydrogen) atoms. The van der Waals surface area contributed by atoms with Crippen molar-refractivity contribution < 1.29 is 8.78 Å². The number of nitrogens with two attached hydrogens (primary N) is 1. The van der Waals surface area contributed by atoms with Gasteiger partial charge in [0.25, 0.3) is 0 Å². The summed E-state index contributed by atoms with van der Waals surface area (Å²) in [5.41, 5.74) is 6.17. The minimum atomic E-state index is -0.834. The third-order valence-corrected chi connectivity index (χ3v) is 2.95. The standard InChI is InChI=1S/C11H14F2N2/c1-2-7-5-15(6-7)11-9(14)4-3-8(12)10(11)13/h3-4,7H,2,5-6,14H2,1H3. The molecule has 0 spiro atoms. The van der Waals surface area contributed by atoms with Crippen LogP contribution in [0.15, 0.2) is 12.1 Å². The van der Waals surface area contributed by atoms with Gasteiger partial charge >= 0.3 is 0 Å². The maximum absolute atomic E-state index is 13.5. The van der Waals surface area contributed by atoms with Crippen molar-refractivity contribution in [3.63, 3.8) is 0 Å². The molecular formula is C11H14F2N2. The van der Waals surface area contributed by atoms with Crippen molar-refractivity contribution in [1.82, 2.24) is 0 Å². The summed E-state index contributed by atoms with van der Waals surface area (Å²) < 4.78 is 26.5. The highest BCUT2D eigenvalue weighted by molar-refractivity contribution is 5.69. The van der Waals surface area contributed by atoms with Gasteiger partial charge in [0.2, 0.25) is 0 Å². The first-order chi connectivity index (χ1) is 7.13. The van der Waals surface area contributed by atoms with Gasteiger partial charge in [-0.1, -0.05) is 6.92 Å². The van der Waals surface area contributed by atoms with Gasteiger partial charge in [0, 0.05) is 13.1 Å². The predicted molar refractivity (Wildman–Crippen MR) is 56.8 cm³/mol. The van der Waals surface area contributed by atoms with Crippen LogP contribution in [0.4, 0.5) is 20.2 Å². The van der Waals surface area contributed by atoms with Gasteiger partial charge in [-0.25, -0.2) is 8.78 Å². The number of hydrogen-bond acceptors (Lipinski definition) is 2. The molecule has 0 atom stereocenters. The number of benzene rings is 1. The van der Waals surface area contributed by atoms with E-state index in [-0.39, 0.29) is 5.69 Å². The van der Waals surface area contributed by atoms with Crippen LogP contribution in [-0.2, 0) is 0 Å². The largest absolute Gasteiger partial charge is 0.397 e. The molecule has 0 unspecified atom stereocenters. The average Bonchev–Trinajstić information content (AvgIpc) is 2.15. The molecule has 1 fully saturated rings. The summed E-state index contributed by atoms with van der Waals surface area (Å²) in [6.45, 7) is 3.62. The van der Waals surface area contributed by atoms with Crippen LogP contribution in [0.5, 0.6) is 0 Å². The summed E-state index contributed by atoms with van der Waals surface area (Å²) in [6.07, 6.45) is 1.06. The van der Waals surface area contributed by atoms with Crippen molar-refractivity contribution in [3.8, 4) is 0 Å². The van der Waals surface area contributed by atoms with Crippen molar-refractivity contribution in [3.05, 3.63) is 23.8 Å². The van der Waals surface area contributed by atoms with Crippen LogP contribution >= 0.6 is 0 Å². The average molecular weight is 212 g/mol. The van der Waals surface area contributed by atoms with Crippen molar-refractivity contribution in [2.45, 2.75) is 13.3 Å². The smallest absolute Gasteiger partial charge is 0.184 e. The Morgan fingerprint density at radius 2 is 2.07 bits per heavy atom. The Morgan fingerprint density at radius 1 is 1.40 bits per heavy atom. The van der Waals surface area contributed by atoms with E-state index in [1.54, 1.807) is 4.90 Å². The lowest BCUT2D eigenvalue weighted by molar-refractivity contribution is 0.390. The molecule has 1 aliphatic rings. The summed E-state index contributed by atoms with van der Waals surface area (Å²) in [7, 11) is 0. The Bertz CT molecular complexity index is 373. The van der Waals surface area contributed by atoms with Gasteiger partial charge < -0.3 is 10.6 Å². The number of nitrogen functional groups attached to an aromatic ring is 1. The molecule has 2 rings (SSSR count). The van der Waals surface area contributed by atoms with Crippen LogP contribution in [-0.4, -0.2) is 13.1 Å². The fourth-order valence-electron chi connectivity index (χ4n) is 1.89. The maximum Gasteiger partial charge on any atom is 0.184 e. The van der Waals surface area contributed by atoms with Crippen molar-refractivity contribution >= 4 is 11.4 Å². The van der Waals surface area contributed by atoms with Gasteiger partial charge in [-0.3, -0.25) is 0 Å². The van der Waals surface area contributed by atoms with Crippen LogP contribution in [0.25, 0.3) is 0 Å². The molecule has 2 nitrogen and oxygen atoms in total. The second kappa shape index (κ2) is 3.68. The summed E-state index contributed by atoms with van der Waals surface area (Å²) in [5.74, 6) is -1.09. The first kappa shape index (κ1) is 10.2. The highest BCUT2D eigenvalue weighted by Gasteiger charge is 2.29. The number of rotatable bonds is 2. The van der Waals surface area contributed by atoms with Gasteiger partial charge in [0.05, 0.1) is 11.4 Å².